The summed E-state index contributed by atoms with van der Waals surface area (Å²) >= 11 is 1.88. The molecule has 21 heavy (non-hydrogen) atoms. The van der Waals surface area contributed by atoms with Crippen molar-refractivity contribution >= 4 is 22.2 Å². The molecule has 0 aliphatic carbocycles. The van der Waals surface area contributed by atoms with E-state index in [2.05, 4.69) is 74.1 Å². The molecule has 3 heteroatoms. The zero-order valence-electron chi connectivity index (χ0n) is 13.1. The Morgan fingerprint density at radius 3 is 2.57 bits per heavy atom. The molecule has 1 N–H and O–H groups in total. The van der Waals surface area contributed by atoms with Crippen molar-refractivity contribution in [3.63, 3.8) is 0 Å². The van der Waals surface area contributed by atoms with E-state index in [4.69, 9.17) is 0 Å². The van der Waals surface area contributed by atoms with Crippen LogP contribution in [0.1, 0.15) is 34.0 Å². The van der Waals surface area contributed by atoms with Crippen LogP contribution < -0.4 is 5.32 Å². The maximum Gasteiger partial charge on any atom is 0.0483 e. The molecule has 3 aromatic rings. The lowest BCUT2D eigenvalue weighted by atomic mass is 10.1. The van der Waals surface area contributed by atoms with Crippen LogP contribution in [0.4, 0.5) is 0 Å². The normalized spacial score (nSPS) is 13.0. The highest BCUT2D eigenvalue weighted by Crippen LogP contribution is 2.26. The lowest BCUT2D eigenvalue weighted by Gasteiger charge is -2.13. The Labute approximate surface area is 130 Å². The number of hydrogen-bond donors (Lipinski definition) is 1. The number of rotatable bonds is 4. The van der Waals surface area contributed by atoms with E-state index in [1.165, 1.54) is 31.9 Å². The molecule has 1 unspecified atom stereocenters. The van der Waals surface area contributed by atoms with Gasteiger partial charge in [-0.2, -0.15) is 0 Å². The van der Waals surface area contributed by atoms with Crippen molar-refractivity contribution in [2.45, 2.75) is 33.4 Å². The number of fused-ring (bicyclic) bond motifs is 1. The summed E-state index contributed by atoms with van der Waals surface area (Å²) in [5.74, 6) is 0. The fourth-order valence-corrected chi connectivity index (χ4v) is 3.83. The Hall–Kier alpha value is -1.58. The van der Waals surface area contributed by atoms with Gasteiger partial charge in [-0.15, -0.1) is 11.3 Å². The predicted molar refractivity (Wildman–Crippen MR) is 92.0 cm³/mol. The Morgan fingerprint density at radius 2 is 1.90 bits per heavy atom. The quantitative estimate of drug-likeness (QED) is 0.738. The van der Waals surface area contributed by atoms with Gasteiger partial charge < -0.3 is 9.88 Å². The summed E-state index contributed by atoms with van der Waals surface area (Å²) in [4.78, 5) is 2.78. The van der Waals surface area contributed by atoms with Crippen molar-refractivity contribution in [3.8, 4) is 0 Å². The van der Waals surface area contributed by atoms with Gasteiger partial charge in [-0.3, -0.25) is 0 Å². The zero-order chi connectivity index (χ0) is 15.0. The number of aryl methyl sites for hydroxylation is 3. The van der Waals surface area contributed by atoms with Crippen molar-refractivity contribution in [1.29, 1.82) is 0 Å². The summed E-state index contributed by atoms with van der Waals surface area (Å²) in [6.45, 7) is 7.52. The molecule has 0 spiro atoms. The van der Waals surface area contributed by atoms with Gasteiger partial charge in [0.15, 0.2) is 0 Å². The fraction of sp³-hybridized carbons (Fsp3) is 0.333. The molecule has 0 radical (unpaired) electrons. The molecule has 0 aliphatic heterocycles. The molecule has 0 bridgehead atoms. The van der Waals surface area contributed by atoms with Crippen LogP contribution in [-0.4, -0.2) is 4.57 Å². The Bertz CT molecular complexity index is 728. The van der Waals surface area contributed by atoms with Crippen LogP contribution in [0.3, 0.4) is 0 Å². The first-order chi connectivity index (χ1) is 10.1. The van der Waals surface area contributed by atoms with Crippen LogP contribution in [0.2, 0.25) is 0 Å². The van der Waals surface area contributed by atoms with Gasteiger partial charge in [-0.05, 0) is 44.5 Å². The van der Waals surface area contributed by atoms with Gasteiger partial charge in [0.05, 0.1) is 0 Å². The number of aromatic nitrogens is 1. The van der Waals surface area contributed by atoms with Gasteiger partial charge in [-0.25, -0.2) is 0 Å². The van der Waals surface area contributed by atoms with Crippen LogP contribution in [0.5, 0.6) is 0 Å². The number of benzene rings is 1. The minimum absolute atomic E-state index is 0.390. The van der Waals surface area contributed by atoms with Crippen molar-refractivity contribution in [2.24, 2.45) is 7.05 Å². The number of hydrogen-bond acceptors (Lipinski definition) is 2. The minimum atomic E-state index is 0.390. The second-order valence-corrected chi connectivity index (χ2v) is 7.02. The molecule has 1 aromatic carbocycles. The van der Waals surface area contributed by atoms with E-state index in [1.807, 2.05) is 11.3 Å². The van der Waals surface area contributed by atoms with E-state index in [1.54, 1.807) is 0 Å². The van der Waals surface area contributed by atoms with Crippen molar-refractivity contribution < 1.29 is 0 Å². The molecule has 110 valence electrons. The maximum atomic E-state index is 3.66. The van der Waals surface area contributed by atoms with E-state index >= 15 is 0 Å². The highest BCUT2D eigenvalue weighted by molar-refractivity contribution is 7.12. The predicted octanol–water partition coefficient (Wildman–Crippen LogP) is 4.71. The molecular formula is C18H22N2S. The lowest BCUT2D eigenvalue weighted by molar-refractivity contribution is 0.565. The second kappa shape index (κ2) is 5.66. The third-order valence-corrected chi connectivity index (χ3v) is 5.45. The van der Waals surface area contributed by atoms with Crippen LogP contribution in [0, 0.1) is 13.8 Å². The first kappa shape index (κ1) is 14.4. The van der Waals surface area contributed by atoms with Crippen LogP contribution in [-0.2, 0) is 13.6 Å². The Balaban J connectivity index is 1.82. The SMILES string of the molecule is Cc1ccc(C(C)NCc2c(C)c3ccccc3n2C)s1. The molecule has 3 rings (SSSR count). The summed E-state index contributed by atoms with van der Waals surface area (Å²) in [5.41, 5.74) is 4.07. The third-order valence-electron chi connectivity index (χ3n) is 4.27. The van der Waals surface area contributed by atoms with E-state index in [0.717, 1.165) is 6.54 Å². The first-order valence-electron chi connectivity index (χ1n) is 7.40. The topological polar surface area (TPSA) is 17.0 Å². The van der Waals surface area contributed by atoms with Gasteiger partial charge in [0, 0.05) is 46.0 Å². The van der Waals surface area contributed by atoms with E-state index in [0.29, 0.717) is 6.04 Å². The molecule has 0 fully saturated rings. The fourth-order valence-electron chi connectivity index (χ4n) is 2.92. The van der Waals surface area contributed by atoms with Crippen molar-refractivity contribution in [2.75, 3.05) is 0 Å². The second-order valence-electron chi connectivity index (χ2n) is 5.70. The minimum Gasteiger partial charge on any atom is -0.346 e. The average Bonchev–Trinajstić information content (AvgIpc) is 3.02. The number of thiophene rings is 1. The molecule has 2 aromatic heterocycles. The van der Waals surface area contributed by atoms with Gasteiger partial charge >= 0.3 is 0 Å². The summed E-state index contributed by atoms with van der Waals surface area (Å²) in [5, 5.41) is 5.02. The van der Waals surface area contributed by atoms with Crippen LogP contribution >= 0.6 is 11.3 Å². The van der Waals surface area contributed by atoms with Crippen molar-refractivity contribution in [1.82, 2.24) is 9.88 Å². The van der Waals surface area contributed by atoms with Crippen molar-refractivity contribution in [3.05, 3.63) is 57.4 Å². The lowest BCUT2D eigenvalue weighted by Crippen LogP contribution is -2.19. The monoisotopic (exact) mass is 298 g/mol. The number of nitrogens with one attached hydrogen (secondary N) is 1. The summed E-state index contributed by atoms with van der Waals surface area (Å²) in [7, 11) is 2.16. The largest absolute Gasteiger partial charge is 0.346 e. The van der Waals surface area contributed by atoms with Gasteiger partial charge in [-0.1, -0.05) is 18.2 Å². The van der Waals surface area contributed by atoms with Gasteiger partial charge in [0.25, 0.3) is 0 Å². The molecule has 1 atom stereocenters. The molecule has 0 aliphatic rings. The van der Waals surface area contributed by atoms with Gasteiger partial charge in [0.2, 0.25) is 0 Å². The summed E-state index contributed by atoms with van der Waals surface area (Å²) in [6, 6.07) is 13.4. The Morgan fingerprint density at radius 1 is 1.14 bits per heavy atom. The molecule has 0 saturated heterocycles. The van der Waals surface area contributed by atoms with Crippen LogP contribution in [0.25, 0.3) is 10.9 Å². The highest BCUT2D eigenvalue weighted by Gasteiger charge is 2.13. The standard InChI is InChI=1S/C18H22N2S/c1-12-9-10-18(21-12)14(3)19-11-17-13(2)15-7-5-6-8-16(15)20(17)4/h5-10,14,19H,11H2,1-4H3. The van der Waals surface area contributed by atoms with E-state index in [9.17, 15) is 0 Å². The van der Waals surface area contributed by atoms with E-state index < -0.39 is 0 Å². The summed E-state index contributed by atoms with van der Waals surface area (Å²) < 4.78 is 2.31. The Kier molecular flexibility index (Phi) is 3.87. The van der Waals surface area contributed by atoms with E-state index in [-0.39, 0.29) is 0 Å². The molecule has 0 amide bonds. The smallest absolute Gasteiger partial charge is 0.0483 e. The number of nitrogens with zero attached hydrogens (tertiary/aromatic N) is 1. The van der Waals surface area contributed by atoms with Crippen LogP contribution in [0.15, 0.2) is 36.4 Å². The first-order valence-corrected chi connectivity index (χ1v) is 8.22. The molecule has 0 saturated carbocycles. The summed E-state index contributed by atoms with van der Waals surface area (Å²) in [6.07, 6.45) is 0. The highest BCUT2D eigenvalue weighted by atomic mass is 32.1. The number of para-hydroxylation sites is 1. The van der Waals surface area contributed by atoms with Gasteiger partial charge in [0.1, 0.15) is 0 Å². The molecular weight excluding hydrogens is 276 g/mol. The maximum absolute atomic E-state index is 3.66. The molecule has 2 nitrogen and oxygen atoms in total. The zero-order valence-corrected chi connectivity index (χ0v) is 13.9. The average molecular weight is 298 g/mol. The molecule has 2 heterocycles. The third kappa shape index (κ3) is 2.63.